The Hall–Kier alpha value is 0.0700. The van der Waals surface area contributed by atoms with Crippen LogP contribution in [0, 0.1) is 0 Å². The number of hydrogen-bond acceptors (Lipinski definition) is 3. The molecule has 0 aromatic rings. The van der Waals surface area contributed by atoms with Crippen LogP contribution >= 0.6 is 0 Å². The number of methoxy groups -OCH3 is 2. The summed E-state index contributed by atoms with van der Waals surface area (Å²) in [6.07, 6.45) is 3.28. The molecule has 4 heteroatoms. The quantitative estimate of drug-likeness (QED) is 0.598. The van der Waals surface area contributed by atoms with E-state index in [1.165, 1.54) is 0 Å². The molecule has 0 fully saturated rings. The highest BCUT2D eigenvalue weighted by molar-refractivity contribution is 7.83. The fraction of sp³-hybridized carbons (Fsp3) is 1.00. The van der Waals surface area contributed by atoms with Crippen LogP contribution in [0.5, 0.6) is 0 Å². The minimum atomic E-state index is -0.611. The molecule has 0 atom stereocenters. The summed E-state index contributed by atoms with van der Waals surface area (Å²) in [4.78, 5) is 0. The average molecular weight is 182 g/mol. The molecule has 0 aromatic carbocycles. The number of hydrogen-bond donors (Lipinski definition) is 0. The Labute approximate surface area is 71.5 Å². The largest absolute Gasteiger partial charge is 0.354 e. The van der Waals surface area contributed by atoms with Crippen molar-refractivity contribution in [2.45, 2.75) is 19.6 Å². The zero-order valence-electron chi connectivity index (χ0n) is 8.13. The van der Waals surface area contributed by atoms with Crippen molar-refractivity contribution in [1.29, 1.82) is 0 Å². The van der Waals surface area contributed by atoms with Crippen LogP contribution in [-0.4, -0.2) is 36.7 Å². The molecular weight excluding hydrogens is 164 g/mol. The van der Waals surface area contributed by atoms with E-state index < -0.39 is 16.6 Å². The molecule has 3 nitrogen and oxygen atoms in total. The van der Waals surface area contributed by atoms with Crippen LogP contribution in [0.15, 0.2) is 0 Å². The molecule has 0 N–H and O–H groups in total. The summed E-state index contributed by atoms with van der Waals surface area (Å²) in [5.41, 5.74) is 0. The van der Waals surface area contributed by atoms with Gasteiger partial charge in [0.05, 0.1) is 0 Å². The van der Waals surface area contributed by atoms with E-state index in [0.29, 0.717) is 0 Å². The monoisotopic (exact) mass is 182 g/mol. The van der Waals surface area contributed by atoms with Crippen LogP contribution in [0.4, 0.5) is 0 Å². The van der Waals surface area contributed by atoms with Gasteiger partial charge in [0.25, 0.3) is 0 Å². The minimum absolute atomic E-state index is 0.417. The maximum Gasteiger partial charge on any atom is 0.161 e. The first-order chi connectivity index (χ1) is 4.85. The molecule has 0 heterocycles. The van der Waals surface area contributed by atoms with Crippen molar-refractivity contribution in [1.82, 2.24) is 0 Å². The van der Waals surface area contributed by atoms with Crippen LogP contribution in [0.2, 0.25) is 0 Å². The van der Waals surface area contributed by atoms with Crippen LogP contribution in [0.3, 0.4) is 0 Å². The van der Waals surface area contributed by atoms with Gasteiger partial charge in [0, 0.05) is 37.5 Å². The third-order valence-corrected chi connectivity index (χ3v) is 0.983. The van der Waals surface area contributed by atoms with Gasteiger partial charge in [0.2, 0.25) is 0 Å². The van der Waals surface area contributed by atoms with Gasteiger partial charge >= 0.3 is 0 Å². The second-order valence-corrected chi connectivity index (χ2v) is 4.03. The molecule has 0 saturated heterocycles. The lowest BCUT2D eigenvalue weighted by Crippen LogP contribution is -2.24. The molecule has 0 aliphatic rings. The van der Waals surface area contributed by atoms with E-state index in [1.807, 2.05) is 13.8 Å². The van der Waals surface area contributed by atoms with Gasteiger partial charge in [-0.25, -0.2) is 0 Å². The van der Waals surface area contributed by atoms with Crippen molar-refractivity contribution in [3.05, 3.63) is 0 Å². The van der Waals surface area contributed by atoms with Gasteiger partial charge in [-0.1, -0.05) is 0 Å². The SMILES string of the molecule is COC(C)(C)OC.CS(C)=O. The topological polar surface area (TPSA) is 35.5 Å². The molecule has 70 valence electrons. The zero-order valence-corrected chi connectivity index (χ0v) is 8.95. The number of rotatable bonds is 2. The van der Waals surface area contributed by atoms with Gasteiger partial charge in [-0.2, -0.15) is 0 Å². The summed E-state index contributed by atoms with van der Waals surface area (Å²) >= 11 is 0. The highest BCUT2D eigenvalue weighted by Gasteiger charge is 2.11. The Morgan fingerprint density at radius 2 is 1.27 bits per heavy atom. The van der Waals surface area contributed by atoms with Gasteiger partial charge < -0.3 is 9.47 Å². The lowest BCUT2D eigenvalue weighted by atomic mass is 10.4. The fourth-order valence-electron chi connectivity index (χ4n) is 0.0833. The third-order valence-electron chi connectivity index (χ3n) is 0.983. The second-order valence-electron chi connectivity index (χ2n) is 2.55. The summed E-state index contributed by atoms with van der Waals surface area (Å²) in [6, 6.07) is 0. The van der Waals surface area contributed by atoms with Gasteiger partial charge in [-0.05, 0) is 13.8 Å². The Kier molecular flexibility index (Phi) is 8.39. The molecule has 0 unspecified atom stereocenters. The van der Waals surface area contributed by atoms with Crippen LogP contribution < -0.4 is 0 Å². The van der Waals surface area contributed by atoms with E-state index in [1.54, 1.807) is 26.7 Å². The summed E-state index contributed by atoms with van der Waals surface area (Å²) in [6.45, 7) is 3.71. The van der Waals surface area contributed by atoms with E-state index in [-0.39, 0.29) is 0 Å². The zero-order chi connectivity index (χ0) is 9.49. The third kappa shape index (κ3) is 17.8. The first kappa shape index (κ1) is 13.6. The Morgan fingerprint density at radius 3 is 1.27 bits per heavy atom. The normalized spacial score (nSPS) is 10.8. The van der Waals surface area contributed by atoms with Crippen molar-refractivity contribution in [3.8, 4) is 0 Å². The Morgan fingerprint density at radius 1 is 1.09 bits per heavy atom. The first-order valence-electron chi connectivity index (χ1n) is 3.21. The van der Waals surface area contributed by atoms with E-state index >= 15 is 0 Å². The van der Waals surface area contributed by atoms with Gasteiger partial charge in [-0.15, -0.1) is 0 Å². The average Bonchev–Trinajstić information content (AvgIpc) is 1.87. The molecule has 0 bridgehead atoms. The van der Waals surface area contributed by atoms with E-state index in [9.17, 15) is 4.21 Å². The fourth-order valence-corrected chi connectivity index (χ4v) is 0.0833. The molecular formula is C7H18O3S. The smallest absolute Gasteiger partial charge is 0.161 e. The summed E-state index contributed by atoms with van der Waals surface area (Å²) in [5.74, 6) is -0.417. The Balaban J connectivity index is 0. The molecule has 11 heavy (non-hydrogen) atoms. The van der Waals surface area contributed by atoms with Crippen LogP contribution in [0.25, 0.3) is 0 Å². The van der Waals surface area contributed by atoms with E-state index in [0.717, 1.165) is 0 Å². The maximum atomic E-state index is 9.56. The lowest BCUT2D eigenvalue weighted by Gasteiger charge is -2.19. The summed E-state index contributed by atoms with van der Waals surface area (Å²) in [5, 5.41) is 0. The minimum Gasteiger partial charge on any atom is -0.354 e. The van der Waals surface area contributed by atoms with Crippen molar-refractivity contribution < 1.29 is 13.7 Å². The molecule has 0 rings (SSSR count). The molecule has 0 spiro atoms. The van der Waals surface area contributed by atoms with E-state index in [2.05, 4.69) is 0 Å². The lowest BCUT2D eigenvalue weighted by molar-refractivity contribution is -0.178. The maximum absolute atomic E-state index is 9.56. The molecule has 0 radical (unpaired) electrons. The predicted octanol–water partition coefficient (Wildman–Crippen LogP) is 1.01. The number of ether oxygens (including phenoxy) is 2. The standard InChI is InChI=1S/C5H12O2.C2H6OS/c1-5(2,6-3)7-4;1-4(2)3/h1-4H3;1-2H3. The van der Waals surface area contributed by atoms with Crippen molar-refractivity contribution in [2.75, 3.05) is 26.7 Å². The van der Waals surface area contributed by atoms with Crippen molar-refractivity contribution in [2.24, 2.45) is 0 Å². The Bertz CT molecular complexity index is 102. The second kappa shape index (κ2) is 6.76. The molecule has 0 saturated carbocycles. The van der Waals surface area contributed by atoms with Crippen molar-refractivity contribution in [3.63, 3.8) is 0 Å². The van der Waals surface area contributed by atoms with Crippen molar-refractivity contribution >= 4 is 10.8 Å². The highest BCUT2D eigenvalue weighted by Crippen LogP contribution is 2.05. The van der Waals surface area contributed by atoms with Crippen LogP contribution in [-0.2, 0) is 20.3 Å². The molecule has 0 aliphatic heterocycles. The molecule has 0 aromatic heterocycles. The summed E-state index contributed by atoms with van der Waals surface area (Å²) < 4.78 is 19.3. The van der Waals surface area contributed by atoms with Gasteiger partial charge in [0.15, 0.2) is 5.79 Å². The van der Waals surface area contributed by atoms with E-state index in [4.69, 9.17) is 9.47 Å². The summed E-state index contributed by atoms with van der Waals surface area (Å²) in [7, 11) is 2.62. The first-order valence-corrected chi connectivity index (χ1v) is 5.17. The molecule has 0 aliphatic carbocycles. The van der Waals surface area contributed by atoms with Gasteiger partial charge in [0.1, 0.15) is 0 Å². The molecule has 0 amide bonds. The predicted molar refractivity (Wildman–Crippen MR) is 48.1 cm³/mol. The van der Waals surface area contributed by atoms with Gasteiger partial charge in [-0.3, -0.25) is 4.21 Å². The highest BCUT2D eigenvalue weighted by atomic mass is 32.2. The van der Waals surface area contributed by atoms with Crippen LogP contribution in [0.1, 0.15) is 13.8 Å².